The predicted molar refractivity (Wildman–Crippen MR) is 113 cm³/mol. The van der Waals surface area contributed by atoms with Crippen LogP contribution in [0.1, 0.15) is 43.9 Å². The van der Waals surface area contributed by atoms with Crippen molar-refractivity contribution in [2.24, 2.45) is 0 Å². The summed E-state index contributed by atoms with van der Waals surface area (Å²) in [6, 6.07) is 6.72. The molecule has 2 heterocycles. The lowest BCUT2D eigenvalue weighted by Gasteiger charge is -2.35. The number of piperazine rings is 1. The summed E-state index contributed by atoms with van der Waals surface area (Å²) in [4.78, 5) is 27.2. The van der Waals surface area contributed by atoms with E-state index >= 15 is 0 Å². The number of anilines is 1. The molecule has 1 aromatic heterocycles. The number of carbonyl (C=O) groups is 1. The van der Waals surface area contributed by atoms with Crippen LogP contribution in [0.2, 0.25) is 0 Å². The van der Waals surface area contributed by atoms with E-state index < -0.39 is 0 Å². The fourth-order valence-electron chi connectivity index (χ4n) is 4.09. The molecule has 0 bridgehead atoms. The predicted octanol–water partition coefficient (Wildman–Crippen LogP) is 3.47. The first-order valence-electron chi connectivity index (χ1n) is 10.3. The Morgan fingerprint density at radius 1 is 1.13 bits per heavy atom. The van der Waals surface area contributed by atoms with Gasteiger partial charge in [-0.2, -0.15) is 0 Å². The maximum atomic E-state index is 12.6. The largest absolute Gasteiger partial charge is 0.416 e. The highest BCUT2D eigenvalue weighted by atomic mass is 32.2. The molecule has 10 heteroatoms. The van der Waals surface area contributed by atoms with Crippen LogP contribution < -0.4 is 4.90 Å². The molecule has 0 atom stereocenters. The van der Waals surface area contributed by atoms with Gasteiger partial charge in [0.1, 0.15) is 5.69 Å². The molecule has 4 rings (SSSR count). The van der Waals surface area contributed by atoms with Gasteiger partial charge in [-0.3, -0.25) is 14.9 Å². The van der Waals surface area contributed by atoms with E-state index in [1.54, 1.807) is 23.1 Å². The number of carbonyl (C=O) groups excluding carboxylic acids is 1. The van der Waals surface area contributed by atoms with Gasteiger partial charge < -0.3 is 14.2 Å². The van der Waals surface area contributed by atoms with Gasteiger partial charge in [-0.05, 0) is 18.9 Å². The third-order valence-electron chi connectivity index (χ3n) is 5.75. The van der Waals surface area contributed by atoms with Crippen LogP contribution in [0.5, 0.6) is 0 Å². The quantitative estimate of drug-likeness (QED) is 0.389. The number of hydrogen-bond donors (Lipinski definition) is 0. The van der Waals surface area contributed by atoms with Crippen LogP contribution in [-0.2, 0) is 4.79 Å². The summed E-state index contributed by atoms with van der Waals surface area (Å²) in [5.74, 6) is 1.31. The minimum absolute atomic E-state index is 0.0135. The van der Waals surface area contributed by atoms with E-state index in [4.69, 9.17) is 4.42 Å². The Morgan fingerprint density at radius 3 is 2.60 bits per heavy atom. The zero-order chi connectivity index (χ0) is 20.9. The van der Waals surface area contributed by atoms with E-state index in [1.165, 1.54) is 37.1 Å². The Balaban J connectivity index is 1.27. The second-order valence-electron chi connectivity index (χ2n) is 7.64. The molecule has 2 fully saturated rings. The molecule has 160 valence electrons. The molecule has 9 nitrogen and oxygen atoms in total. The summed E-state index contributed by atoms with van der Waals surface area (Å²) >= 11 is 1.28. The van der Waals surface area contributed by atoms with Crippen molar-refractivity contribution in [1.29, 1.82) is 0 Å². The van der Waals surface area contributed by atoms with E-state index in [0.29, 0.717) is 48.9 Å². The topological polar surface area (TPSA) is 106 Å². The van der Waals surface area contributed by atoms with Crippen molar-refractivity contribution in [2.75, 3.05) is 36.8 Å². The molecular weight excluding hydrogens is 406 g/mol. The number of para-hydroxylation sites is 2. The van der Waals surface area contributed by atoms with Crippen molar-refractivity contribution in [1.82, 2.24) is 15.1 Å². The van der Waals surface area contributed by atoms with Gasteiger partial charge in [-0.15, -0.1) is 10.2 Å². The van der Waals surface area contributed by atoms with Crippen LogP contribution in [0.15, 0.2) is 33.9 Å². The first-order chi connectivity index (χ1) is 14.6. The number of aromatic nitrogens is 2. The molecular formula is C20H25N5O4S. The molecule has 1 aromatic carbocycles. The average Bonchev–Trinajstić information content (AvgIpc) is 3.27. The van der Waals surface area contributed by atoms with Crippen molar-refractivity contribution >= 4 is 29.0 Å². The molecule has 1 aliphatic carbocycles. The van der Waals surface area contributed by atoms with Crippen LogP contribution in [0.25, 0.3) is 0 Å². The number of hydrogen-bond acceptors (Lipinski definition) is 8. The summed E-state index contributed by atoms with van der Waals surface area (Å²) in [5.41, 5.74) is 0.697. The fourth-order valence-corrected chi connectivity index (χ4v) is 4.76. The summed E-state index contributed by atoms with van der Waals surface area (Å²) in [5, 5.41) is 20.0. The van der Waals surface area contributed by atoms with Gasteiger partial charge in [0.2, 0.25) is 11.8 Å². The lowest BCUT2D eigenvalue weighted by molar-refractivity contribution is -0.384. The van der Waals surface area contributed by atoms with E-state index in [0.717, 1.165) is 12.8 Å². The normalized spacial score (nSPS) is 17.9. The highest BCUT2D eigenvalue weighted by Gasteiger charge is 2.26. The summed E-state index contributed by atoms with van der Waals surface area (Å²) in [6.45, 7) is 2.19. The number of amides is 1. The SMILES string of the molecule is O=C(CSc1nnc(C2CCCCC2)o1)N1CCN(c2ccccc2[N+](=O)[O-])CC1. The lowest BCUT2D eigenvalue weighted by Crippen LogP contribution is -2.49. The van der Waals surface area contributed by atoms with Crippen molar-refractivity contribution in [2.45, 2.75) is 43.2 Å². The van der Waals surface area contributed by atoms with Crippen LogP contribution in [0, 0.1) is 10.1 Å². The molecule has 1 saturated carbocycles. The van der Waals surface area contributed by atoms with Gasteiger partial charge in [0.15, 0.2) is 0 Å². The lowest BCUT2D eigenvalue weighted by atomic mass is 9.89. The van der Waals surface area contributed by atoms with Gasteiger partial charge >= 0.3 is 0 Å². The maximum Gasteiger partial charge on any atom is 0.292 e. The Hall–Kier alpha value is -2.62. The Morgan fingerprint density at radius 2 is 1.87 bits per heavy atom. The van der Waals surface area contributed by atoms with Gasteiger partial charge in [0, 0.05) is 38.2 Å². The number of nitrogens with zero attached hydrogens (tertiary/aromatic N) is 5. The van der Waals surface area contributed by atoms with Crippen molar-refractivity contribution < 1.29 is 14.1 Å². The van der Waals surface area contributed by atoms with E-state index in [9.17, 15) is 14.9 Å². The van der Waals surface area contributed by atoms with Crippen molar-refractivity contribution in [3.05, 3.63) is 40.3 Å². The van der Waals surface area contributed by atoms with Crippen LogP contribution in [0.4, 0.5) is 11.4 Å². The Bertz CT molecular complexity index is 891. The first-order valence-corrected chi connectivity index (χ1v) is 11.3. The van der Waals surface area contributed by atoms with Gasteiger partial charge in [-0.1, -0.05) is 43.2 Å². The minimum atomic E-state index is -0.366. The number of rotatable bonds is 6. The second-order valence-corrected chi connectivity index (χ2v) is 8.57. The molecule has 0 spiro atoms. The van der Waals surface area contributed by atoms with E-state index in [-0.39, 0.29) is 22.3 Å². The van der Waals surface area contributed by atoms with E-state index in [1.807, 2.05) is 4.90 Å². The maximum absolute atomic E-state index is 12.6. The molecule has 0 radical (unpaired) electrons. The zero-order valence-electron chi connectivity index (χ0n) is 16.7. The third kappa shape index (κ3) is 4.75. The molecule has 0 unspecified atom stereocenters. The monoisotopic (exact) mass is 431 g/mol. The minimum Gasteiger partial charge on any atom is -0.416 e. The highest BCUT2D eigenvalue weighted by Crippen LogP contribution is 2.33. The Kier molecular flexibility index (Phi) is 6.51. The molecule has 1 amide bonds. The zero-order valence-corrected chi connectivity index (χ0v) is 17.6. The standard InChI is InChI=1S/C20H25N5O4S/c26-18(14-30-20-22-21-19(29-20)15-6-2-1-3-7-15)24-12-10-23(11-13-24)16-8-4-5-9-17(16)25(27)28/h4-5,8-9,15H,1-3,6-7,10-14H2. The number of nitro benzene ring substituents is 1. The van der Waals surface area contributed by atoms with Gasteiger partial charge in [0.25, 0.3) is 10.9 Å². The van der Waals surface area contributed by atoms with Crippen molar-refractivity contribution in [3.63, 3.8) is 0 Å². The summed E-state index contributed by atoms with van der Waals surface area (Å²) in [7, 11) is 0. The molecule has 2 aromatic rings. The average molecular weight is 432 g/mol. The number of benzene rings is 1. The van der Waals surface area contributed by atoms with Gasteiger partial charge in [0.05, 0.1) is 10.7 Å². The fraction of sp³-hybridized carbons (Fsp3) is 0.550. The van der Waals surface area contributed by atoms with E-state index in [2.05, 4.69) is 10.2 Å². The molecule has 30 heavy (non-hydrogen) atoms. The summed E-state index contributed by atoms with van der Waals surface area (Å²) in [6.07, 6.45) is 5.86. The summed E-state index contributed by atoms with van der Waals surface area (Å²) < 4.78 is 5.77. The molecule has 2 aliphatic rings. The molecule has 1 saturated heterocycles. The highest BCUT2D eigenvalue weighted by molar-refractivity contribution is 7.99. The molecule has 0 N–H and O–H groups in total. The van der Waals surface area contributed by atoms with Crippen molar-refractivity contribution in [3.8, 4) is 0 Å². The van der Waals surface area contributed by atoms with Crippen LogP contribution in [-0.4, -0.2) is 57.9 Å². The van der Waals surface area contributed by atoms with Crippen LogP contribution >= 0.6 is 11.8 Å². The Labute approximate surface area is 179 Å². The molecule has 1 aliphatic heterocycles. The first kappa shape index (κ1) is 20.6. The number of thioether (sulfide) groups is 1. The smallest absolute Gasteiger partial charge is 0.292 e. The number of nitro groups is 1. The second kappa shape index (κ2) is 9.46. The van der Waals surface area contributed by atoms with Gasteiger partial charge in [-0.25, -0.2) is 0 Å². The third-order valence-corrected chi connectivity index (χ3v) is 6.55. The van der Waals surface area contributed by atoms with Crippen LogP contribution in [0.3, 0.4) is 0 Å².